The first-order chi connectivity index (χ1) is 10.8. The number of rotatable bonds is 8. The number of carbonyl (C=O) groups excluding carboxylic acids is 1. The van der Waals surface area contributed by atoms with Gasteiger partial charge in [-0.15, -0.1) is 0 Å². The van der Waals surface area contributed by atoms with Crippen molar-refractivity contribution in [1.29, 1.82) is 0 Å². The van der Waals surface area contributed by atoms with E-state index in [9.17, 15) is 4.79 Å². The Balaban J connectivity index is 1.72. The Hall–Kier alpha value is -2.20. The predicted octanol–water partition coefficient (Wildman–Crippen LogP) is 2.61. The molecule has 0 aliphatic rings. The van der Waals surface area contributed by atoms with Gasteiger partial charge in [0.2, 0.25) is 5.91 Å². The summed E-state index contributed by atoms with van der Waals surface area (Å²) in [5.74, 6) is 0.0864. The first kappa shape index (κ1) is 16.2. The molecule has 0 aliphatic heterocycles. The summed E-state index contributed by atoms with van der Waals surface area (Å²) < 4.78 is 0. The van der Waals surface area contributed by atoms with Gasteiger partial charge in [0, 0.05) is 38.4 Å². The number of nitrogens with zero attached hydrogens (tertiary/aromatic N) is 2. The van der Waals surface area contributed by atoms with Gasteiger partial charge in [-0.1, -0.05) is 37.3 Å². The molecule has 2 aromatic rings. The molecule has 0 unspecified atom stereocenters. The molecule has 0 atom stereocenters. The molecule has 1 N–H and O–H groups in total. The molecule has 0 spiro atoms. The van der Waals surface area contributed by atoms with Gasteiger partial charge in [-0.3, -0.25) is 14.7 Å². The molecule has 1 aromatic heterocycles. The lowest BCUT2D eigenvalue weighted by atomic mass is 10.2. The van der Waals surface area contributed by atoms with Gasteiger partial charge in [-0.25, -0.2) is 0 Å². The van der Waals surface area contributed by atoms with Gasteiger partial charge in [0.25, 0.3) is 0 Å². The topological polar surface area (TPSA) is 45.2 Å². The summed E-state index contributed by atoms with van der Waals surface area (Å²) in [6.45, 7) is 5.28. The summed E-state index contributed by atoms with van der Waals surface area (Å²) in [5.41, 5.74) is 2.35. The normalized spacial score (nSPS) is 10.6. The van der Waals surface area contributed by atoms with E-state index in [1.807, 2.05) is 30.3 Å². The van der Waals surface area contributed by atoms with E-state index in [0.717, 1.165) is 25.2 Å². The molecule has 0 saturated carbocycles. The molecule has 0 bridgehead atoms. The lowest BCUT2D eigenvalue weighted by Crippen LogP contribution is -2.30. The fourth-order valence-corrected chi connectivity index (χ4v) is 2.24. The highest BCUT2D eigenvalue weighted by atomic mass is 16.1. The van der Waals surface area contributed by atoms with Crippen LogP contribution in [0.25, 0.3) is 0 Å². The number of pyridine rings is 1. The second-order valence-electron chi connectivity index (χ2n) is 5.24. The molecule has 1 amide bonds. The first-order valence-electron chi connectivity index (χ1n) is 7.70. The van der Waals surface area contributed by atoms with Crippen LogP contribution < -0.4 is 5.32 Å². The van der Waals surface area contributed by atoms with E-state index in [4.69, 9.17) is 0 Å². The van der Waals surface area contributed by atoms with Crippen molar-refractivity contribution in [3.8, 4) is 0 Å². The monoisotopic (exact) mass is 297 g/mol. The Morgan fingerprint density at radius 2 is 1.82 bits per heavy atom. The maximum Gasteiger partial charge on any atom is 0.221 e. The standard InChI is InChI=1S/C18H23N3O/c1-2-21(15-17-6-4-3-5-7-17)13-10-18(22)20-14-16-8-11-19-12-9-16/h3-9,11-12H,2,10,13-15H2,1H3,(H,20,22). The average Bonchev–Trinajstić information content (AvgIpc) is 2.58. The molecule has 116 valence electrons. The van der Waals surface area contributed by atoms with Crippen LogP contribution in [0.2, 0.25) is 0 Å². The summed E-state index contributed by atoms with van der Waals surface area (Å²) in [6, 6.07) is 14.2. The minimum Gasteiger partial charge on any atom is -0.352 e. The van der Waals surface area contributed by atoms with Crippen molar-refractivity contribution in [1.82, 2.24) is 15.2 Å². The molecule has 0 fully saturated rings. The lowest BCUT2D eigenvalue weighted by Gasteiger charge is -2.20. The average molecular weight is 297 g/mol. The van der Waals surface area contributed by atoms with E-state index in [2.05, 4.69) is 34.3 Å². The Morgan fingerprint density at radius 1 is 1.09 bits per heavy atom. The Kier molecular flexibility index (Phi) is 6.58. The molecule has 2 rings (SSSR count). The molecule has 0 aliphatic carbocycles. The molecule has 1 heterocycles. The Morgan fingerprint density at radius 3 is 2.50 bits per heavy atom. The van der Waals surface area contributed by atoms with Crippen molar-refractivity contribution in [2.45, 2.75) is 26.4 Å². The lowest BCUT2D eigenvalue weighted by molar-refractivity contribution is -0.121. The van der Waals surface area contributed by atoms with Crippen LogP contribution in [-0.2, 0) is 17.9 Å². The molecule has 4 nitrogen and oxygen atoms in total. The van der Waals surface area contributed by atoms with Crippen LogP contribution in [0.15, 0.2) is 54.9 Å². The highest BCUT2D eigenvalue weighted by Gasteiger charge is 2.07. The highest BCUT2D eigenvalue weighted by molar-refractivity contribution is 5.76. The molecule has 4 heteroatoms. The van der Waals surface area contributed by atoms with Gasteiger partial charge < -0.3 is 5.32 Å². The van der Waals surface area contributed by atoms with Gasteiger partial charge in [0.15, 0.2) is 0 Å². The van der Waals surface area contributed by atoms with Crippen LogP contribution in [0.4, 0.5) is 0 Å². The van der Waals surface area contributed by atoms with Crippen molar-refractivity contribution in [3.05, 3.63) is 66.0 Å². The Bertz CT molecular complexity index is 557. The molecular weight excluding hydrogens is 274 g/mol. The number of hydrogen-bond donors (Lipinski definition) is 1. The van der Waals surface area contributed by atoms with E-state index in [0.29, 0.717) is 13.0 Å². The van der Waals surface area contributed by atoms with Crippen LogP contribution in [0.3, 0.4) is 0 Å². The van der Waals surface area contributed by atoms with Gasteiger partial charge in [-0.2, -0.15) is 0 Å². The summed E-state index contributed by atoms with van der Waals surface area (Å²) in [5, 5.41) is 2.95. The summed E-state index contributed by atoms with van der Waals surface area (Å²) in [4.78, 5) is 18.2. The summed E-state index contributed by atoms with van der Waals surface area (Å²) >= 11 is 0. The number of hydrogen-bond acceptors (Lipinski definition) is 3. The third-order valence-corrected chi connectivity index (χ3v) is 3.59. The predicted molar refractivity (Wildman–Crippen MR) is 88.1 cm³/mol. The van der Waals surface area contributed by atoms with Crippen LogP contribution in [0.1, 0.15) is 24.5 Å². The molecule has 22 heavy (non-hydrogen) atoms. The largest absolute Gasteiger partial charge is 0.352 e. The minimum atomic E-state index is 0.0864. The van der Waals surface area contributed by atoms with E-state index in [1.54, 1.807) is 12.4 Å². The van der Waals surface area contributed by atoms with Crippen LogP contribution in [0, 0.1) is 0 Å². The molecular formula is C18H23N3O. The second kappa shape index (κ2) is 8.95. The maximum absolute atomic E-state index is 11.9. The highest BCUT2D eigenvalue weighted by Crippen LogP contribution is 2.05. The number of amides is 1. The third kappa shape index (κ3) is 5.66. The summed E-state index contributed by atoms with van der Waals surface area (Å²) in [7, 11) is 0. The first-order valence-corrected chi connectivity index (χ1v) is 7.70. The van der Waals surface area contributed by atoms with E-state index in [-0.39, 0.29) is 5.91 Å². The number of aromatic nitrogens is 1. The van der Waals surface area contributed by atoms with E-state index >= 15 is 0 Å². The van der Waals surface area contributed by atoms with Gasteiger partial charge in [0.1, 0.15) is 0 Å². The summed E-state index contributed by atoms with van der Waals surface area (Å²) in [6.07, 6.45) is 3.99. The van der Waals surface area contributed by atoms with Crippen molar-refractivity contribution in [2.75, 3.05) is 13.1 Å². The van der Waals surface area contributed by atoms with Crippen LogP contribution in [0.5, 0.6) is 0 Å². The van der Waals surface area contributed by atoms with Gasteiger partial charge in [0.05, 0.1) is 0 Å². The van der Waals surface area contributed by atoms with Crippen LogP contribution >= 0.6 is 0 Å². The minimum absolute atomic E-state index is 0.0864. The third-order valence-electron chi connectivity index (χ3n) is 3.59. The zero-order valence-corrected chi connectivity index (χ0v) is 13.0. The SMILES string of the molecule is CCN(CCC(=O)NCc1ccncc1)Cc1ccccc1. The fourth-order valence-electron chi connectivity index (χ4n) is 2.24. The van der Waals surface area contributed by atoms with Crippen molar-refractivity contribution in [3.63, 3.8) is 0 Å². The quantitative estimate of drug-likeness (QED) is 0.814. The molecule has 0 saturated heterocycles. The van der Waals surface area contributed by atoms with E-state index in [1.165, 1.54) is 5.56 Å². The van der Waals surface area contributed by atoms with Crippen molar-refractivity contribution >= 4 is 5.91 Å². The van der Waals surface area contributed by atoms with Crippen LogP contribution in [-0.4, -0.2) is 28.9 Å². The maximum atomic E-state index is 11.9. The zero-order chi connectivity index (χ0) is 15.6. The fraction of sp³-hybridized carbons (Fsp3) is 0.333. The van der Waals surface area contributed by atoms with Crippen molar-refractivity contribution < 1.29 is 4.79 Å². The second-order valence-corrected chi connectivity index (χ2v) is 5.24. The van der Waals surface area contributed by atoms with Gasteiger partial charge in [-0.05, 0) is 29.8 Å². The van der Waals surface area contributed by atoms with E-state index < -0.39 is 0 Å². The number of benzene rings is 1. The molecule has 0 radical (unpaired) electrons. The van der Waals surface area contributed by atoms with Crippen molar-refractivity contribution in [2.24, 2.45) is 0 Å². The molecule has 1 aromatic carbocycles. The Labute approximate surface area is 132 Å². The smallest absolute Gasteiger partial charge is 0.221 e. The number of nitrogens with one attached hydrogen (secondary N) is 1. The number of carbonyl (C=O) groups is 1. The zero-order valence-electron chi connectivity index (χ0n) is 13.0. The van der Waals surface area contributed by atoms with Gasteiger partial charge >= 0.3 is 0 Å².